The van der Waals surface area contributed by atoms with E-state index in [1.165, 1.54) is 0 Å². The summed E-state index contributed by atoms with van der Waals surface area (Å²) in [7, 11) is 0. The number of hydrogen-bond donors (Lipinski definition) is 1. The van der Waals surface area contributed by atoms with E-state index in [1.807, 2.05) is 41.3 Å². The summed E-state index contributed by atoms with van der Waals surface area (Å²) in [5.74, 6) is 0.149. The van der Waals surface area contributed by atoms with Crippen molar-refractivity contribution in [3.8, 4) is 0 Å². The van der Waals surface area contributed by atoms with Crippen molar-refractivity contribution in [3.05, 3.63) is 59.1 Å². The molecule has 1 aliphatic heterocycles. The highest BCUT2D eigenvalue weighted by Crippen LogP contribution is 2.27. The Hall–Kier alpha value is -2.60. The fraction of sp³-hybridized carbons (Fsp3) is 0.364. The van der Waals surface area contributed by atoms with Crippen LogP contribution in [0.5, 0.6) is 0 Å². The van der Waals surface area contributed by atoms with Crippen LogP contribution in [0.1, 0.15) is 35.8 Å². The number of hydrogen-bond acceptors (Lipinski definition) is 3. The zero-order valence-corrected chi connectivity index (χ0v) is 16.9. The minimum Gasteiger partial charge on any atom is -0.352 e. The number of thiophene rings is 1. The Morgan fingerprint density at radius 3 is 2.61 bits per heavy atom. The minimum atomic E-state index is -0.0192. The number of carbonyl (C=O) groups is 2. The molecule has 28 heavy (non-hydrogen) atoms. The molecule has 1 aromatic carbocycles. The molecule has 6 heteroatoms. The molecule has 1 fully saturated rings. The van der Waals surface area contributed by atoms with E-state index in [-0.39, 0.29) is 17.7 Å². The number of benzene rings is 1. The minimum absolute atomic E-state index is 0.0192. The summed E-state index contributed by atoms with van der Waals surface area (Å²) in [4.78, 5) is 27.4. The van der Waals surface area contributed by atoms with Gasteiger partial charge in [-0.25, -0.2) is 0 Å². The van der Waals surface area contributed by atoms with E-state index in [4.69, 9.17) is 0 Å². The third kappa shape index (κ3) is 3.69. The van der Waals surface area contributed by atoms with Crippen LogP contribution in [0.4, 0.5) is 0 Å². The van der Waals surface area contributed by atoms with E-state index in [1.54, 1.807) is 11.3 Å². The molecule has 1 saturated heterocycles. The highest BCUT2D eigenvalue weighted by molar-refractivity contribution is 7.17. The van der Waals surface area contributed by atoms with Gasteiger partial charge in [-0.2, -0.15) is 0 Å². The van der Waals surface area contributed by atoms with E-state index in [2.05, 4.69) is 28.3 Å². The second kappa shape index (κ2) is 8.19. The first-order valence-corrected chi connectivity index (χ1v) is 10.7. The number of carbonyl (C=O) groups excluding carboxylic acids is 2. The summed E-state index contributed by atoms with van der Waals surface area (Å²) in [6.07, 6.45) is 1.43. The van der Waals surface area contributed by atoms with Crippen molar-refractivity contribution < 1.29 is 9.59 Å². The number of nitrogens with zero attached hydrogens (tertiary/aromatic N) is 2. The van der Waals surface area contributed by atoms with Gasteiger partial charge in [0, 0.05) is 32.1 Å². The predicted molar refractivity (Wildman–Crippen MR) is 112 cm³/mol. The van der Waals surface area contributed by atoms with Gasteiger partial charge in [-0.1, -0.05) is 30.3 Å². The van der Waals surface area contributed by atoms with E-state index in [0.29, 0.717) is 32.5 Å². The molecule has 0 saturated carbocycles. The first kappa shape index (κ1) is 18.7. The van der Waals surface area contributed by atoms with E-state index >= 15 is 0 Å². The maximum atomic E-state index is 13.0. The van der Waals surface area contributed by atoms with Crippen molar-refractivity contribution in [1.82, 2.24) is 14.8 Å². The first-order valence-electron chi connectivity index (χ1n) is 9.85. The van der Waals surface area contributed by atoms with Crippen molar-refractivity contribution in [2.45, 2.75) is 32.9 Å². The smallest absolute Gasteiger partial charge is 0.270 e. The molecule has 1 N–H and O–H groups in total. The van der Waals surface area contributed by atoms with Crippen molar-refractivity contribution in [3.63, 3.8) is 0 Å². The Labute approximate surface area is 169 Å². The van der Waals surface area contributed by atoms with Gasteiger partial charge in [0.15, 0.2) is 0 Å². The number of amides is 2. The number of fused-ring (bicyclic) bond motifs is 1. The van der Waals surface area contributed by atoms with Crippen molar-refractivity contribution in [1.29, 1.82) is 0 Å². The second-order valence-electron chi connectivity index (χ2n) is 7.21. The molecule has 0 spiro atoms. The van der Waals surface area contributed by atoms with Crippen LogP contribution < -0.4 is 5.32 Å². The number of rotatable bonds is 5. The lowest BCUT2D eigenvalue weighted by Gasteiger charge is -2.31. The first-order chi connectivity index (χ1) is 13.7. The molecule has 0 atom stereocenters. The Balaban J connectivity index is 1.35. The molecule has 3 aromatic rings. The fourth-order valence-electron chi connectivity index (χ4n) is 3.93. The van der Waals surface area contributed by atoms with Crippen LogP contribution in [0, 0.1) is 5.92 Å². The Kier molecular flexibility index (Phi) is 5.48. The number of aromatic nitrogens is 1. The lowest BCUT2D eigenvalue weighted by molar-refractivity contribution is -0.126. The molecule has 146 valence electrons. The molecular weight excluding hydrogens is 370 g/mol. The number of likely N-dealkylation sites (tertiary alicyclic amines) is 1. The average Bonchev–Trinajstić information content (AvgIpc) is 3.33. The summed E-state index contributed by atoms with van der Waals surface area (Å²) >= 11 is 1.67. The monoisotopic (exact) mass is 395 g/mol. The van der Waals surface area contributed by atoms with Gasteiger partial charge in [-0.15, -0.1) is 11.3 Å². The Morgan fingerprint density at radius 1 is 1.14 bits per heavy atom. The molecule has 0 bridgehead atoms. The zero-order valence-electron chi connectivity index (χ0n) is 16.1. The van der Waals surface area contributed by atoms with Crippen LogP contribution in [0.3, 0.4) is 0 Å². The summed E-state index contributed by atoms with van der Waals surface area (Å²) in [6.45, 7) is 4.66. The molecule has 0 aliphatic carbocycles. The quantitative estimate of drug-likeness (QED) is 0.713. The topological polar surface area (TPSA) is 54.3 Å². The van der Waals surface area contributed by atoms with Gasteiger partial charge in [0.05, 0.1) is 10.2 Å². The highest BCUT2D eigenvalue weighted by atomic mass is 32.1. The summed E-state index contributed by atoms with van der Waals surface area (Å²) in [5.41, 5.74) is 2.99. The Bertz CT molecular complexity index is 968. The number of nitrogens with one attached hydrogen (secondary N) is 1. The largest absolute Gasteiger partial charge is 0.352 e. The van der Waals surface area contributed by atoms with E-state index in [0.717, 1.165) is 28.0 Å². The number of aryl methyl sites for hydroxylation is 1. The average molecular weight is 396 g/mol. The van der Waals surface area contributed by atoms with Gasteiger partial charge in [0.1, 0.15) is 5.69 Å². The van der Waals surface area contributed by atoms with Crippen molar-refractivity contribution >= 4 is 33.4 Å². The summed E-state index contributed by atoms with van der Waals surface area (Å²) < 4.78 is 3.24. The molecule has 5 nitrogen and oxygen atoms in total. The van der Waals surface area contributed by atoms with Crippen molar-refractivity contribution in [2.75, 3.05) is 13.1 Å². The van der Waals surface area contributed by atoms with Crippen LogP contribution in [-0.4, -0.2) is 34.4 Å². The molecule has 2 amide bonds. The van der Waals surface area contributed by atoms with E-state index in [9.17, 15) is 9.59 Å². The van der Waals surface area contributed by atoms with Crippen LogP contribution >= 0.6 is 11.3 Å². The van der Waals surface area contributed by atoms with Crippen LogP contribution in [0.15, 0.2) is 47.8 Å². The van der Waals surface area contributed by atoms with Crippen LogP contribution in [0.25, 0.3) is 10.2 Å². The predicted octanol–water partition coefficient (Wildman–Crippen LogP) is 3.89. The van der Waals surface area contributed by atoms with Gasteiger partial charge >= 0.3 is 0 Å². The molecule has 1 aliphatic rings. The second-order valence-corrected chi connectivity index (χ2v) is 8.16. The Morgan fingerprint density at radius 2 is 1.89 bits per heavy atom. The SMILES string of the molecule is CCn1c(C(=O)N2CCC(C(=O)NCc3ccccc3)CC2)cc2sccc21. The molecule has 4 rings (SSSR count). The lowest BCUT2D eigenvalue weighted by atomic mass is 9.95. The molecule has 0 unspecified atom stereocenters. The summed E-state index contributed by atoms with van der Waals surface area (Å²) in [5, 5.41) is 5.09. The van der Waals surface area contributed by atoms with Gasteiger partial charge in [0.2, 0.25) is 5.91 Å². The fourth-order valence-corrected chi connectivity index (χ4v) is 4.75. The van der Waals surface area contributed by atoms with Gasteiger partial charge in [0.25, 0.3) is 5.91 Å². The summed E-state index contributed by atoms with van der Waals surface area (Å²) in [6, 6.07) is 14.0. The number of piperidine rings is 1. The van der Waals surface area contributed by atoms with Gasteiger partial charge < -0.3 is 14.8 Å². The highest BCUT2D eigenvalue weighted by Gasteiger charge is 2.29. The van der Waals surface area contributed by atoms with Crippen molar-refractivity contribution in [2.24, 2.45) is 5.92 Å². The molecule has 3 heterocycles. The third-order valence-corrected chi connectivity index (χ3v) is 6.37. The normalized spacial score (nSPS) is 15.1. The molecule has 0 radical (unpaired) electrons. The van der Waals surface area contributed by atoms with Crippen LogP contribution in [0.2, 0.25) is 0 Å². The lowest BCUT2D eigenvalue weighted by Crippen LogP contribution is -2.43. The van der Waals surface area contributed by atoms with Crippen LogP contribution in [-0.2, 0) is 17.9 Å². The molecular formula is C22H25N3O2S. The zero-order chi connectivity index (χ0) is 19.5. The van der Waals surface area contributed by atoms with Gasteiger partial charge in [-0.3, -0.25) is 9.59 Å². The maximum absolute atomic E-state index is 13.0. The van der Waals surface area contributed by atoms with E-state index < -0.39 is 0 Å². The maximum Gasteiger partial charge on any atom is 0.270 e. The standard InChI is InChI=1S/C22H25N3O2S/c1-2-25-18-10-13-28-20(18)14-19(25)22(27)24-11-8-17(9-12-24)21(26)23-15-16-6-4-3-5-7-16/h3-7,10,13-14,17H,2,8-9,11-12,15H2,1H3,(H,23,26). The van der Waals surface area contributed by atoms with Gasteiger partial charge in [-0.05, 0) is 42.8 Å². The third-order valence-electron chi connectivity index (χ3n) is 5.52. The molecule has 2 aromatic heterocycles.